The van der Waals surface area contributed by atoms with E-state index in [0.717, 1.165) is 30.7 Å². The number of fused-ring (bicyclic) bond motifs is 2. The lowest BCUT2D eigenvalue weighted by molar-refractivity contribution is -0.231. The van der Waals surface area contributed by atoms with Gasteiger partial charge in [0, 0.05) is 24.2 Å². The molecule has 0 radical (unpaired) electrons. The number of aliphatic hydroxyl groups excluding tert-OH is 5. The summed E-state index contributed by atoms with van der Waals surface area (Å²) in [5.41, 5.74) is 2.36. The van der Waals surface area contributed by atoms with Crippen LogP contribution in [0.5, 0.6) is 5.75 Å². The van der Waals surface area contributed by atoms with E-state index >= 15 is 0 Å². The number of hydrogen-bond acceptors (Lipinski definition) is 9. The first-order valence-electron chi connectivity index (χ1n) is 12.7. The Bertz CT molecular complexity index is 1050. The van der Waals surface area contributed by atoms with Gasteiger partial charge in [-0.05, 0) is 47.7 Å². The van der Waals surface area contributed by atoms with Crippen molar-refractivity contribution in [3.05, 3.63) is 64.2 Å². The van der Waals surface area contributed by atoms with E-state index in [4.69, 9.17) is 25.8 Å². The highest BCUT2D eigenvalue weighted by atomic mass is 35.5. The second kappa shape index (κ2) is 11.5. The summed E-state index contributed by atoms with van der Waals surface area (Å²) in [6, 6.07) is 13.2. The fourth-order valence-electron chi connectivity index (χ4n) is 5.43. The summed E-state index contributed by atoms with van der Waals surface area (Å²) >= 11 is 6.44. The summed E-state index contributed by atoms with van der Waals surface area (Å²) in [5.74, 6) is 0.662. The van der Waals surface area contributed by atoms with Crippen LogP contribution in [0.1, 0.15) is 29.2 Å². The summed E-state index contributed by atoms with van der Waals surface area (Å²) in [7, 11) is 0. The molecule has 3 fully saturated rings. The van der Waals surface area contributed by atoms with Crippen molar-refractivity contribution in [2.75, 3.05) is 32.9 Å². The second-order valence-electron chi connectivity index (χ2n) is 10.2. The molecule has 3 heterocycles. The number of hydrogen-bond donors (Lipinski definition) is 5. The maximum Gasteiger partial charge on any atom is 0.119 e. The minimum Gasteiger partial charge on any atom is -0.491 e. The molecule has 2 aromatic carbocycles. The number of benzene rings is 2. The third-order valence-corrected chi connectivity index (χ3v) is 7.88. The van der Waals surface area contributed by atoms with Crippen LogP contribution >= 0.6 is 11.6 Å². The maximum atomic E-state index is 10.5. The topological polar surface area (TPSA) is 132 Å². The Morgan fingerprint density at radius 3 is 2.51 bits per heavy atom. The van der Waals surface area contributed by atoms with Crippen LogP contribution in [0.2, 0.25) is 5.02 Å². The Morgan fingerprint density at radius 1 is 1.05 bits per heavy atom. The van der Waals surface area contributed by atoms with E-state index in [2.05, 4.69) is 4.90 Å². The molecule has 0 aromatic heterocycles. The molecule has 8 atom stereocenters. The predicted octanol–water partition coefficient (Wildman–Crippen LogP) is 0.658. The fraction of sp³-hybridized carbons (Fsp3) is 0.556. The lowest BCUT2D eigenvalue weighted by Gasteiger charge is -2.40. The molecular weight excluding hydrogens is 502 g/mol. The standard InChI is InChI=1S/C27H34ClNO8/c28-22-6-3-16(27-26(34)25(33)24(32)23(12-30)37-27)8-17(22)7-15-1-4-20(5-2-15)36-14-19(31)10-29-11-21-9-18(29)13-35-21/h1-6,8,18-19,21,23-27,30-34H,7,9-14H2/t18?,19-,21?,23+,24+,25-,26+,27-/m0/s1. The van der Waals surface area contributed by atoms with E-state index in [-0.39, 0.29) is 6.61 Å². The molecule has 5 N–H and O–H groups in total. The number of ether oxygens (including phenoxy) is 3. The minimum absolute atomic E-state index is 0.209. The number of nitrogens with zero attached hydrogens (tertiary/aromatic N) is 1. The first-order chi connectivity index (χ1) is 17.8. The molecule has 3 aliphatic rings. The highest BCUT2D eigenvalue weighted by Crippen LogP contribution is 2.34. The highest BCUT2D eigenvalue weighted by Gasteiger charge is 2.44. The Morgan fingerprint density at radius 2 is 1.84 bits per heavy atom. The molecule has 2 bridgehead atoms. The van der Waals surface area contributed by atoms with Gasteiger partial charge in [-0.25, -0.2) is 0 Å². The fourth-order valence-corrected chi connectivity index (χ4v) is 5.61. The van der Waals surface area contributed by atoms with Crippen LogP contribution in [0.4, 0.5) is 0 Å². The number of morpholine rings is 1. The molecule has 3 aliphatic heterocycles. The van der Waals surface area contributed by atoms with E-state index in [1.165, 1.54) is 0 Å². The molecule has 5 rings (SSSR count). The largest absolute Gasteiger partial charge is 0.491 e. The van der Waals surface area contributed by atoms with Gasteiger partial charge in [0.25, 0.3) is 0 Å². The summed E-state index contributed by atoms with van der Waals surface area (Å²) in [5, 5.41) is 51.1. The summed E-state index contributed by atoms with van der Waals surface area (Å²) in [6.07, 6.45) is -4.83. The van der Waals surface area contributed by atoms with Gasteiger partial charge >= 0.3 is 0 Å². The zero-order chi connectivity index (χ0) is 26.1. The molecule has 37 heavy (non-hydrogen) atoms. The van der Waals surface area contributed by atoms with Crippen LogP contribution in [-0.4, -0.2) is 106 Å². The number of β-amino-alcohol motifs (C(OH)–C–C–N with tert-alkyl or cyclic N) is 1. The molecule has 0 spiro atoms. The molecule has 202 valence electrons. The molecule has 2 aromatic rings. The highest BCUT2D eigenvalue weighted by molar-refractivity contribution is 6.31. The van der Waals surface area contributed by atoms with Crippen molar-refractivity contribution in [1.29, 1.82) is 0 Å². The van der Waals surface area contributed by atoms with Gasteiger partial charge in [0.05, 0.1) is 19.3 Å². The van der Waals surface area contributed by atoms with Gasteiger partial charge in [0.1, 0.15) is 49.0 Å². The SMILES string of the molecule is OC[C@H]1O[C@@H](c2ccc(Cl)c(Cc3ccc(OC[C@@H](O)CN4CC5CC4CO5)cc3)c2)[C@H](O)[C@@H](O)[C@@H]1O. The van der Waals surface area contributed by atoms with Gasteiger partial charge in [-0.15, -0.1) is 0 Å². The molecule has 10 heteroatoms. The van der Waals surface area contributed by atoms with Crippen LogP contribution < -0.4 is 4.74 Å². The zero-order valence-corrected chi connectivity index (χ0v) is 21.2. The summed E-state index contributed by atoms with van der Waals surface area (Å²) < 4.78 is 17.1. The second-order valence-corrected chi connectivity index (χ2v) is 10.6. The predicted molar refractivity (Wildman–Crippen MR) is 135 cm³/mol. The monoisotopic (exact) mass is 535 g/mol. The van der Waals surface area contributed by atoms with Crippen molar-refractivity contribution < 1.29 is 39.7 Å². The molecule has 3 saturated heterocycles. The molecule has 2 unspecified atom stereocenters. The molecule has 0 amide bonds. The smallest absolute Gasteiger partial charge is 0.119 e. The van der Waals surface area contributed by atoms with Gasteiger partial charge in [-0.2, -0.15) is 0 Å². The average molecular weight is 536 g/mol. The van der Waals surface area contributed by atoms with Crippen molar-refractivity contribution in [3.63, 3.8) is 0 Å². The van der Waals surface area contributed by atoms with Crippen molar-refractivity contribution in [1.82, 2.24) is 4.90 Å². The van der Waals surface area contributed by atoms with Crippen LogP contribution in [0.25, 0.3) is 0 Å². The lowest BCUT2D eigenvalue weighted by Crippen LogP contribution is -2.55. The molecule has 9 nitrogen and oxygen atoms in total. The Hall–Kier alpha value is -1.79. The third kappa shape index (κ3) is 5.95. The molecule has 0 aliphatic carbocycles. The minimum atomic E-state index is -1.44. The van der Waals surface area contributed by atoms with Gasteiger partial charge in [-0.1, -0.05) is 35.9 Å². The zero-order valence-electron chi connectivity index (χ0n) is 20.4. The van der Waals surface area contributed by atoms with Crippen molar-refractivity contribution in [3.8, 4) is 5.75 Å². The van der Waals surface area contributed by atoms with Crippen molar-refractivity contribution >= 4 is 11.6 Å². The van der Waals surface area contributed by atoms with E-state index in [1.54, 1.807) is 18.2 Å². The lowest BCUT2D eigenvalue weighted by atomic mass is 9.90. The molecule has 0 saturated carbocycles. The van der Waals surface area contributed by atoms with Gasteiger partial charge < -0.3 is 39.7 Å². The Kier molecular flexibility index (Phi) is 8.35. The number of aliphatic hydroxyl groups is 5. The number of likely N-dealkylation sites (tertiary alicyclic amines) is 1. The van der Waals surface area contributed by atoms with Crippen molar-refractivity contribution in [2.24, 2.45) is 0 Å². The van der Waals surface area contributed by atoms with Crippen LogP contribution in [0, 0.1) is 0 Å². The summed E-state index contributed by atoms with van der Waals surface area (Å²) in [6.45, 7) is 1.92. The maximum absolute atomic E-state index is 10.5. The Labute approximate surface area is 220 Å². The van der Waals surface area contributed by atoms with E-state index in [0.29, 0.717) is 41.4 Å². The third-order valence-electron chi connectivity index (χ3n) is 7.51. The van der Waals surface area contributed by atoms with Crippen LogP contribution in [0.3, 0.4) is 0 Å². The first-order valence-corrected chi connectivity index (χ1v) is 13.0. The quantitative estimate of drug-likeness (QED) is 0.314. The Balaban J connectivity index is 1.18. The number of rotatable bonds is 9. The van der Waals surface area contributed by atoms with E-state index < -0.39 is 43.2 Å². The van der Waals surface area contributed by atoms with Gasteiger partial charge in [0.2, 0.25) is 0 Å². The normalized spacial score (nSPS) is 32.5. The first kappa shape index (κ1) is 26.8. The van der Waals surface area contributed by atoms with E-state index in [9.17, 15) is 25.5 Å². The van der Waals surface area contributed by atoms with Crippen LogP contribution in [0.15, 0.2) is 42.5 Å². The van der Waals surface area contributed by atoms with Gasteiger partial charge in [0.15, 0.2) is 0 Å². The average Bonchev–Trinajstić information content (AvgIpc) is 3.52. The van der Waals surface area contributed by atoms with E-state index in [1.807, 2.05) is 24.3 Å². The van der Waals surface area contributed by atoms with Crippen LogP contribution in [-0.2, 0) is 15.9 Å². The van der Waals surface area contributed by atoms with Gasteiger partial charge in [-0.3, -0.25) is 4.90 Å². The number of halogens is 1. The molecular formula is C27H34ClNO8. The summed E-state index contributed by atoms with van der Waals surface area (Å²) in [4.78, 5) is 2.27. The van der Waals surface area contributed by atoms with Crippen molar-refractivity contribution in [2.45, 2.75) is 61.6 Å².